The fourth-order valence-corrected chi connectivity index (χ4v) is 1.73. The molecule has 0 fully saturated rings. The van der Waals surface area contributed by atoms with E-state index in [1.807, 2.05) is 0 Å². The predicted molar refractivity (Wildman–Crippen MR) is 58.1 cm³/mol. The van der Waals surface area contributed by atoms with E-state index in [1.165, 1.54) is 0 Å². The lowest BCUT2D eigenvalue weighted by atomic mass is 10.1. The highest BCUT2D eigenvalue weighted by atomic mass is 79.9. The maximum Gasteiger partial charge on any atom is 0.340 e. The van der Waals surface area contributed by atoms with Crippen molar-refractivity contribution in [3.8, 4) is 5.75 Å². The third-order valence-electron chi connectivity index (χ3n) is 2.03. The number of aromatic hydroxyl groups is 1. The van der Waals surface area contributed by atoms with Crippen LogP contribution in [0.5, 0.6) is 5.75 Å². The average Bonchev–Trinajstić information content (AvgIpc) is 2.17. The van der Waals surface area contributed by atoms with Gasteiger partial charge in [-0.15, -0.1) is 0 Å². The molecular weight excluding hydrogens is 262 g/mol. The quantitative estimate of drug-likeness (QED) is 0.833. The van der Waals surface area contributed by atoms with E-state index in [9.17, 15) is 9.90 Å². The Balaban J connectivity index is 2.88. The van der Waals surface area contributed by atoms with Crippen LogP contribution in [0.4, 0.5) is 0 Å². The second-order valence-corrected chi connectivity index (χ2v) is 3.90. The Kier molecular flexibility index (Phi) is 2.32. The minimum absolute atomic E-state index is 0.118. The summed E-state index contributed by atoms with van der Waals surface area (Å²) in [5, 5.41) is 18.7. The maximum absolute atomic E-state index is 10.9. The van der Waals surface area contributed by atoms with Crippen LogP contribution in [0.15, 0.2) is 28.9 Å². The molecule has 0 amide bonds. The van der Waals surface area contributed by atoms with Crippen molar-refractivity contribution in [1.82, 2.24) is 4.98 Å². The van der Waals surface area contributed by atoms with Crippen LogP contribution >= 0.6 is 15.9 Å². The Morgan fingerprint density at radius 2 is 2.13 bits per heavy atom. The Morgan fingerprint density at radius 3 is 2.80 bits per heavy atom. The number of benzene rings is 1. The standard InChI is InChI=1S/C10H6BrNO3/c11-5-1-2-6-7(3-5)12-4-8(13)9(6)10(14)15/h1-4,13H,(H,14,15). The molecule has 5 heteroatoms. The van der Waals surface area contributed by atoms with Crippen molar-refractivity contribution in [2.24, 2.45) is 0 Å². The topological polar surface area (TPSA) is 70.4 Å². The van der Waals surface area contributed by atoms with Crippen molar-refractivity contribution in [3.05, 3.63) is 34.4 Å². The highest BCUT2D eigenvalue weighted by Gasteiger charge is 2.14. The number of carboxylic acid groups (broad SMARTS) is 1. The van der Waals surface area contributed by atoms with Crippen LogP contribution in [-0.4, -0.2) is 21.2 Å². The number of carboxylic acids is 1. The molecular formula is C10H6BrNO3. The van der Waals surface area contributed by atoms with Gasteiger partial charge >= 0.3 is 5.97 Å². The number of hydrogen-bond acceptors (Lipinski definition) is 3. The van der Waals surface area contributed by atoms with Crippen molar-refractivity contribution in [1.29, 1.82) is 0 Å². The summed E-state index contributed by atoms with van der Waals surface area (Å²) in [5.74, 6) is -1.49. The van der Waals surface area contributed by atoms with Crippen LogP contribution in [0.25, 0.3) is 10.9 Å². The number of carbonyl (C=O) groups is 1. The van der Waals surface area contributed by atoms with Crippen LogP contribution in [0.1, 0.15) is 10.4 Å². The zero-order chi connectivity index (χ0) is 11.0. The fourth-order valence-electron chi connectivity index (χ4n) is 1.38. The van der Waals surface area contributed by atoms with Gasteiger partial charge in [-0.2, -0.15) is 0 Å². The van der Waals surface area contributed by atoms with Crippen molar-refractivity contribution >= 4 is 32.8 Å². The second kappa shape index (κ2) is 3.51. The number of hydrogen-bond donors (Lipinski definition) is 2. The van der Waals surface area contributed by atoms with E-state index in [-0.39, 0.29) is 11.3 Å². The van der Waals surface area contributed by atoms with E-state index < -0.39 is 5.97 Å². The van der Waals surface area contributed by atoms with E-state index in [0.717, 1.165) is 10.7 Å². The van der Waals surface area contributed by atoms with Gasteiger partial charge in [-0.1, -0.05) is 22.0 Å². The third kappa shape index (κ3) is 1.66. The summed E-state index contributed by atoms with van der Waals surface area (Å²) in [5.41, 5.74) is 0.409. The first-order valence-corrected chi connectivity index (χ1v) is 4.89. The summed E-state index contributed by atoms with van der Waals surface area (Å²) in [6.45, 7) is 0. The molecule has 2 N–H and O–H groups in total. The molecule has 76 valence electrons. The van der Waals surface area contributed by atoms with Crippen molar-refractivity contribution < 1.29 is 15.0 Å². The summed E-state index contributed by atoms with van der Waals surface area (Å²) < 4.78 is 0.810. The van der Waals surface area contributed by atoms with Crippen LogP contribution in [-0.2, 0) is 0 Å². The van der Waals surface area contributed by atoms with E-state index in [0.29, 0.717) is 10.9 Å². The number of nitrogens with zero attached hydrogens (tertiary/aromatic N) is 1. The molecule has 0 saturated heterocycles. The van der Waals surface area contributed by atoms with Crippen molar-refractivity contribution in [2.45, 2.75) is 0 Å². The first-order chi connectivity index (χ1) is 7.09. The molecule has 0 aliphatic carbocycles. The smallest absolute Gasteiger partial charge is 0.340 e. The Morgan fingerprint density at radius 1 is 1.40 bits per heavy atom. The van der Waals surface area contributed by atoms with Crippen LogP contribution in [0.2, 0.25) is 0 Å². The van der Waals surface area contributed by atoms with Crippen LogP contribution in [0, 0.1) is 0 Å². The van der Waals surface area contributed by atoms with Crippen molar-refractivity contribution in [2.75, 3.05) is 0 Å². The highest BCUT2D eigenvalue weighted by molar-refractivity contribution is 9.10. The van der Waals surface area contributed by atoms with Gasteiger partial charge in [0, 0.05) is 9.86 Å². The molecule has 0 saturated carbocycles. The summed E-state index contributed by atoms with van der Waals surface area (Å²) in [6, 6.07) is 5.01. The molecule has 2 rings (SSSR count). The normalized spacial score (nSPS) is 10.5. The van der Waals surface area contributed by atoms with Gasteiger partial charge in [0.05, 0.1) is 11.7 Å². The third-order valence-corrected chi connectivity index (χ3v) is 2.52. The van der Waals surface area contributed by atoms with E-state index in [1.54, 1.807) is 18.2 Å². The molecule has 0 aliphatic rings. The summed E-state index contributed by atoms with van der Waals surface area (Å²) in [6.07, 6.45) is 1.14. The Labute approximate surface area is 93.3 Å². The molecule has 4 nitrogen and oxygen atoms in total. The SMILES string of the molecule is O=C(O)c1c(O)cnc2cc(Br)ccc12. The lowest BCUT2D eigenvalue weighted by molar-refractivity contribution is 0.0696. The van der Waals surface area contributed by atoms with Gasteiger partial charge in [0.2, 0.25) is 0 Å². The fraction of sp³-hybridized carbons (Fsp3) is 0. The largest absolute Gasteiger partial charge is 0.505 e. The van der Waals surface area contributed by atoms with Gasteiger partial charge in [0.15, 0.2) is 0 Å². The first-order valence-electron chi connectivity index (χ1n) is 4.10. The molecule has 1 aromatic carbocycles. The van der Waals surface area contributed by atoms with Gasteiger partial charge in [0.1, 0.15) is 11.3 Å². The van der Waals surface area contributed by atoms with Crippen LogP contribution < -0.4 is 0 Å². The zero-order valence-electron chi connectivity index (χ0n) is 7.44. The van der Waals surface area contributed by atoms with Gasteiger partial charge < -0.3 is 10.2 Å². The number of pyridine rings is 1. The molecule has 2 aromatic rings. The minimum atomic E-state index is -1.16. The van der Waals surface area contributed by atoms with E-state index in [2.05, 4.69) is 20.9 Å². The summed E-state index contributed by atoms with van der Waals surface area (Å²) >= 11 is 3.26. The van der Waals surface area contributed by atoms with Crippen molar-refractivity contribution in [3.63, 3.8) is 0 Å². The monoisotopic (exact) mass is 267 g/mol. The lowest BCUT2D eigenvalue weighted by Crippen LogP contribution is -1.99. The zero-order valence-corrected chi connectivity index (χ0v) is 9.02. The predicted octanol–water partition coefficient (Wildman–Crippen LogP) is 2.40. The Hall–Kier alpha value is -1.62. The molecule has 1 aromatic heterocycles. The number of aromatic carboxylic acids is 1. The van der Waals surface area contributed by atoms with Gasteiger partial charge in [0.25, 0.3) is 0 Å². The number of fused-ring (bicyclic) bond motifs is 1. The first kappa shape index (κ1) is 9.92. The molecule has 1 heterocycles. The number of aromatic nitrogens is 1. The van der Waals surface area contributed by atoms with Crippen LogP contribution in [0.3, 0.4) is 0 Å². The average molecular weight is 268 g/mol. The van der Waals surface area contributed by atoms with Gasteiger partial charge in [-0.25, -0.2) is 4.79 Å². The number of halogens is 1. The Bertz CT molecular complexity index is 554. The molecule has 0 aliphatic heterocycles. The summed E-state index contributed by atoms with van der Waals surface area (Å²) in [4.78, 5) is 14.9. The van der Waals surface area contributed by atoms with E-state index in [4.69, 9.17) is 5.11 Å². The van der Waals surface area contributed by atoms with Gasteiger partial charge in [-0.05, 0) is 12.1 Å². The highest BCUT2D eigenvalue weighted by Crippen LogP contribution is 2.27. The molecule has 0 unspecified atom stereocenters. The second-order valence-electron chi connectivity index (χ2n) is 2.99. The molecule has 0 bridgehead atoms. The summed E-state index contributed by atoms with van der Waals surface area (Å²) in [7, 11) is 0. The molecule has 0 spiro atoms. The minimum Gasteiger partial charge on any atom is -0.505 e. The lowest BCUT2D eigenvalue weighted by Gasteiger charge is -2.04. The van der Waals surface area contributed by atoms with E-state index >= 15 is 0 Å². The maximum atomic E-state index is 10.9. The number of rotatable bonds is 1. The van der Waals surface area contributed by atoms with Gasteiger partial charge in [-0.3, -0.25) is 4.98 Å². The molecule has 15 heavy (non-hydrogen) atoms. The molecule has 0 atom stereocenters. The molecule has 0 radical (unpaired) electrons.